The number of rotatable bonds is 2. The number of hydrogen-bond acceptors (Lipinski definition) is 2. The van der Waals surface area contributed by atoms with Gasteiger partial charge in [0.05, 0.1) is 10.9 Å². The van der Waals surface area contributed by atoms with Gasteiger partial charge in [0.15, 0.2) is 0 Å². The number of halogens is 2. The molecular formula is C17H12F2O2. The predicted molar refractivity (Wildman–Crippen MR) is 77.2 cm³/mol. The molecule has 3 aromatic rings. The van der Waals surface area contributed by atoms with Gasteiger partial charge in [-0.15, -0.1) is 0 Å². The molecular weight excluding hydrogens is 274 g/mol. The molecule has 0 fully saturated rings. The molecule has 21 heavy (non-hydrogen) atoms. The Morgan fingerprint density at radius 3 is 2.38 bits per heavy atom. The van der Waals surface area contributed by atoms with E-state index >= 15 is 0 Å². The molecule has 0 aliphatic carbocycles. The second kappa shape index (κ2) is 5.13. The van der Waals surface area contributed by atoms with E-state index in [1.54, 1.807) is 24.3 Å². The van der Waals surface area contributed by atoms with Crippen molar-refractivity contribution >= 4 is 11.0 Å². The number of hydrogen-bond donors (Lipinski definition) is 0. The Kier molecular flexibility index (Phi) is 3.29. The second-order valence-electron chi connectivity index (χ2n) is 4.74. The van der Waals surface area contributed by atoms with Gasteiger partial charge in [-0.25, -0.2) is 8.78 Å². The molecule has 0 atom stereocenters. The summed E-state index contributed by atoms with van der Waals surface area (Å²) in [5, 5.41) is 0.398. The highest BCUT2D eigenvalue weighted by molar-refractivity contribution is 5.82. The molecule has 1 aromatic heterocycles. The van der Waals surface area contributed by atoms with Gasteiger partial charge < -0.3 is 4.42 Å². The van der Waals surface area contributed by atoms with Gasteiger partial charge in [0, 0.05) is 12.5 Å². The van der Waals surface area contributed by atoms with Crippen molar-refractivity contribution in [2.75, 3.05) is 0 Å². The van der Waals surface area contributed by atoms with E-state index in [1.165, 1.54) is 0 Å². The third kappa shape index (κ3) is 2.33. The first-order chi connectivity index (χ1) is 10.1. The van der Waals surface area contributed by atoms with Crippen LogP contribution < -0.4 is 5.43 Å². The zero-order valence-electron chi connectivity index (χ0n) is 11.3. The quantitative estimate of drug-likeness (QED) is 0.703. The van der Waals surface area contributed by atoms with Crippen molar-refractivity contribution in [1.82, 2.24) is 0 Å². The van der Waals surface area contributed by atoms with Crippen molar-refractivity contribution in [1.29, 1.82) is 0 Å². The fourth-order valence-corrected chi connectivity index (χ4v) is 2.43. The zero-order valence-corrected chi connectivity index (χ0v) is 11.3. The van der Waals surface area contributed by atoms with Crippen molar-refractivity contribution in [3.63, 3.8) is 0 Å². The largest absolute Gasteiger partial charge is 0.460 e. The molecule has 0 bridgehead atoms. The summed E-state index contributed by atoms with van der Waals surface area (Å²) < 4.78 is 32.6. The summed E-state index contributed by atoms with van der Waals surface area (Å²) in [6, 6.07) is 9.89. The zero-order chi connectivity index (χ0) is 15.0. The van der Waals surface area contributed by atoms with Crippen molar-refractivity contribution < 1.29 is 13.2 Å². The van der Waals surface area contributed by atoms with Crippen LogP contribution in [0.1, 0.15) is 12.7 Å². The molecule has 2 aromatic carbocycles. The van der Waals surface area contributed by atoms with Crippen molar-refractivity contribution in [2.24, 2.45) is 0 Å². The minimum atomic E-state index is -0.723. The fourth-order valence-electron chi connectivity index (χ4n) is 2.43. The van der Waals surface area contributed by atoms with Crippen molar-refractivity contribution in [3.05, 3.63) is 70.1 Å². The van der Waals surface area contributed by atoms with E-state index in [9.17, 15) is 13.6 Å². The standard InChI is InChI=1S/C17H12F2O2/c1-2-14-16(10-7-11(18)9-12(19)8-10)17(20)13-5-3-4-6-15(13)21-14/h3-9H,2H2,1H3. The highest BCUT2D eigenvalue weighted by atomic mass is 19.1. The molecule has 0 amide bonds. The maximum Gasteiger partial charge on any atom is 0.200 e. The normalized spacial score (nSPS) is 11.0. The van der Waals surface area contributed by atoms with Crippen LogP contribution in [0.25, 0.3) is 22.1 Å². The highest BCUT2D eigenvalue weighted by Crippen LogP contribution is 2.26. The lowest BCUT2D eigenvalue weighted by Crippen LogP contribution is -2.09. The van der Waals surface area contributed by atoms with E-state index in [0.29, 0.717) is 23.2 Å². The van der Waals surface area contributed by atoms with E-state index in [-0.39, 0.29) is 16.6 Å². The Bertz CT molecular complexity index is 861. The van der Waals surface area contributed by atoms with E-state index in [2.05, 4.69) is 0 Å². The Morgan fingerprint density at radius 1 is 1.05 bits per heavy atom. The summed E-state index contributed by atoms with van der Waals surface area (Å²) in [5.74, 6) is -1.03. The summed E-state index contributed by atoms with van der Waals surface area (Å²) in [7, 11) is 0. The van der Waals surface area contributed by atoms with Gasteiger partial charge in [0.1, 0.15) is 23.0 Å². The molecule has 106 valence electrons. The fraction of sp³-hybridized carbons (Fsp3) is 0.118. The lowest BCUT2D eigenvalue weighted by molar-refractivity contribution is 0.545. The highest BCUT2D eigenvalue weighted by Gasteiger charge is 2.16. The molecule has 2 nitrogen and oxygen atoms in total. The van der Waals surface area contributed by atoms with E-state index in [4.69, 9.17) is 4.42 Å². The predicted octanol–water partition coefficient (Wildman–Crippen LogP) is 4.30. The summed E-state index contributed by atoms with van der Waals surface area (Å²) in [6.07, 6.45) is 0.452. The smallest absolute Gasteiger partial charge is 0.200 e. The molecule has 0 saturated heterocycles. The topological polar surface area (TPSA) is 30.2 Å². The lowest BCUT2D eigenvalue weighted by atomic mass is 10.0. The van der Waals surface area contributed by atoms with Gasteiger partial charge in [-0.1, -0.05) is 19.1 Å². The molecule has 0 saturated carbocycles. The van der Waals surface area contributed by atoms with Crippen LogP contribution >= 0.6 is 0 Å². The maximum absolute atomic E-state index is 13.4. The average Bonchev–Trinajstić information content (AvgIpc) is 2.46. The van der Waals surface area contributed by atoms with Crippen LogP contribution in [0.3, 0.4) is 0 Å². The van der Waals surface area contributed by atoms with Gasteiger partial charge in [-0.05, 0) is 29.8 Å². The minimum Gasteiger partial charge on any atom is -0.460 e. The van der Waals surface area contributed by atoms with Crippen LogP contribution in [-0.4, -0.2) is 0 Å². The van der Waals surface area contributed by atoms with E-state index in [0.717, 1.165) is 18.2 Å². The van der Waals surface area contributed by atoms with Crippen molar-refractivity contribution in [2.45, 2.75) is 13.3 Å². The molecule has 0 N–H and O–H groups in total. The first-order valence-corrected chi connectivity index (χ1v) is 6.61. The van der Waals surface area contributed by atoms with Gasteiger partial charge in [0.25, 0.3) is 0 Å². The monoisotopic (exact) mass is 286 g/mol. The summed E-state index contributed by atoms with van der Waals surface area (Å²) in [5.41, 5.74) is 0.608. The Morgan fingerprint density at radius 2 is 1.71 bits per heavy atom. The van der Waals surface area contributed by atoms with E-state index in [1.807, 2.05) is 6.92 Å². The Balaban J connectivity index is 2.40. The summed E-state index contributed by atoms with van der Waals surface area (Å²) in [4.78, 5) is 12.6. The number of para-hydroxylation sites is 1. The molecule has 0 radical (unpaired) electrons. The van der Waals surface area contributed by atoms with Gasteiger partial charge in [-0.3, -0.25) is 4.79 Å². The van der Waals surface area contributed by atoms with Crippen LogP contribution in [0.5, 0.6) is 0 Å². The number of benzene rings is 2. The molecule has 3 rings (SSSR count). The van der Waals surface area contributed by atoms with Crippen LogP contribution in [0.4, 0.5) is 8.78 Å². The third-order valence-corrected chi connectivity index (χ3v) is 3.34. The molecule has 0 aliphatic heterocycles. The summed E-state index contributed by atoms with van der Waals surface area (Å²) >= 11 is 0. The van der Waals surface area contributed by atoms with Crippen LogP contribution in [0.2, 0.25) is 0 Å². The second-order valence-corrected chi connectivity index (χ2v) is 4.74. The van der Waals surface area contributed by atoms with Crippen LogP contribution in [-0.2, 0) is 6.42 Å². The van der Waals surface area contributed by atoms with Crippen molar-refractivity contribution in [3.8, 4) is 11.1 Å². The van der Waals surface area contributed by atoms with Gasteiger partial charge in [0.2, 0.25) is 5.43 Å². The first-order valence-electron chi connectivity index (χ1n) is 6.61. The summed E-state index contributed by atoms with van der Waals surface area (Å²) in [6.45, 7) is 1.83. The third-order valence-electron chi connectivity index (χ3n) is 3.34. The lowest BCUT2D eigenvalue weighted by Gasteiger charge is -2.09. The SMILES string of the molecule is CCc1oc2ccccc2c(=O)c1-c1cc(F)cc(F)c1. The minimum absolute atomic E-state index is 0.198. The van der Waals surface area contributed by atoms with E-state index < -0.39 is 11.6 Å². The Hall–Kier alpha value is -2.49. The average molecular weight is 286 g/mol. The molecule has 0 unspecified atom stereocenters. The Labute approximate surface area is 119 Å². The number of aryl methyl sites for hydroxylation is 1. The van der Waals surface area contributed by atoms with Crippen LogP contribution in [0.15, 0.2) is 51.7 Å². The van der Waals surface area contributed by atoms with Crippen LogP contribution in [0, 0.1) is 11.6 Å². The molecule has 1 heterocycles. The first kappa shape index (κ1) is 13.5. The van der Waals surface area contributed by atoms with Gasteiger partial charge >= 0.3 is 0 Å². The molecule has 0 aliphatic rings. The molecule has 0 spiro atoms. The maximum atomic E-state index is 13.4. The molecule has 4 heteroatoms. The van der Waals surface area contributed by atoms with Gasteiger partial charge in [-0.2, -0.15) is 0 Å². The number of fused-ring (bicyclic) bond motifs is 1.